The van der Waals surface area contributed by atoms with Crippen molar-refractivity contribution in [1.29, 1.82) is 0 Å². The van der Waals surface area contributed by atoms with Gasteiger partial charge in [-0.1, -0.05) is 0 Å². The van der Waals surface area contributed by atoms with Crippen molar-refractivity contribution in [2.24, 2.45) is 0 Å². The zero-order chi connectivity index (χ0) is 6.97. The predicted molar refractivity (Wildman–Crippen MR) is 38.8 cm³/mol. The predicted octanol–water partition coefficient (Wildman–Crippen LogP) is 0.370. The van der Waals surface area contributed by atoms with Crippen molar-refractivity contribution in [2.45, 2.75) is 6.04 Å². The van der Waals surface area contributed by atoms with Gasteiger partial charge >= 0.3 is 0 Å². The molecular weight excluding hydrogens is 126 g/mol. The molecule has 0 spiro atoms. The normalized spacial score (nSPS) is 20.9. The largest absolute Gasteiger partial charge is 0.302 e. The average molecular weight is 137 g/mol. The molecule has 2 heterocycles. The fourth-order valence-corrected chi connectivity index (χ4v) is 1.33. The van der Waals surface area contributed by atoms with E-state index in [-0.39, 0.29) is 0 Å². The number of hydrogen-bond acceptors (Lipinski definition) is 2. The van der Waals surface area contributed by atoms with E-state index in [0.717, 1.165) is 13.1 Å². The maximum atomic E-state index is 4.16. The van der Waals surface area contributed by atoms with Crippen LogP contribution in [0, 0.1) is 0 Å². The van der Waals surface area contributed by atoms with E-state index in [2.05, 4.69) is 17.0 Å². The summed E-state index contributed by atoms with van der Waals surface area (Å²) in [7, 11) is 2.12. The standard InChI is InChI=1S/C7H11N3/c1-9-5-7(6-9)10-4-2-3-8-10/h2-4,7H,5-6H2,1H3. The summed E-state index contributed by atoms with van der Waals surface area (Å²) in [4.78, 5) is 2.28. The van der Waals surface area contributed by atoms with Crippen molar-refractivity contribution in [2.75, 3.05) is 20.1 Å². The summed E-state index contributed by atoms with van der Waals surface area (Å²) >= 11 is 0. The summed E-state index contributed by atoms with van der Waals surface area (Å²) in [6, 6.07) is 2.60. The Bertz CT molecular complexity index is 199. The first kappa shape index (κ1) is 5.92. The van der Waals surface area contributed by atoms with Gasteiger partial charge in [-0.2, -0.15) is 5.10 Å². The highest BCUT2D eigenvalue weighted by Crippen LogP contribution is 2.16. The Morgan fingerprint density at radius 1 is 1.50 bits per heavy atom. The highest BCUT2D eigenvalue weighted by molar-refractivity contribution is 4.87. The van der Waals surface area contributed by atoms with Crippen molar-refractivity contribution in [3.8, 4) is 0 Å². The molecule has 1 saturated heterocycles. The lowest BCUT2D eigenvalue weighted by molar-refractivity contribution is 0.130. The van der Waals surface area contributed by atoms with Gasteiger partial charge in [-0.3, -0.25) is 4.68 Å². The zero-order valence-electron chi connectivity index (χ0n) is 6.07. The Morgan fingerprint density at radius 3 is 2.80 bits per heavy atom. The van der Waals surface area contributed by atoms with E-state index < -0.39 is 0 Å². The number of likely N-dealkylation sites (tertiary alicyclic amines) is 1. The number of aromatic nitrogens is 2. The minimum absolute atomic E-state index is 0.625. The molecule has 10 heavy (non-hydrogen) atoms. The molecule has 1 aliphatic rings. The molecule has 2 rings (SSSR count). The van der Waals surface area contributed by atoms with Crippen molar-refractivity contribution < 1.29 is 0 Å². The molecule has 3 nitrogen and oxygen atoms in total. The Balaban J connectivity index is 2.04. The van der Waals surface area contributed by atoms with E-state index in [4.69, 9.17) is 0 Å². The molecule has 3 heteroatoms. The molecule has 0 aromatic carbocycles. The van der Waals surface area contributed by atoms with Gasteiger partial charge in [0.15, 0.2) is 0 Å². The molecular formula is C7H11N3. The van der Waals surface area contributed by atoms with Crippen LogP contribution in [-0.2, 0) is 0 Å². The molecule has 0 N–H and O–H groups in total. The van der Waals surface area contributed by atoms with Crippen LogP contribution in [0.15, 0.2) is 18.5 Å². The number of nitrogens with zero attached hydrogens (tertiary/aromatic N) is 3. The van der Waals surface area contributed by atoms with Crippen LogP contribution < -0.4 is 0 Å². The molecule has 1 aromatic rings. The van der Waals surface area contributed by atoms with Crippen molar-refractivity contribution in [3.63, 3.8) is 0 Å². The molecule has 0 atom stereocenters. The molecule has 1 aromatic heterocycles. The van der Waals surface area contributed by atoms with Gasteiger partial charge in [-0.15, -0.1) is 0 Å². The van der Waals surface area contributed by atoms with Gasteiger partial charge in [-0.05, 0) is 13.1 Å². The molecule has 1 aliphatic heterocycles. The summed E-state index contributed by atoms with van der Waals surface area (Å²) in [6.07, 6.45) is 3.86. The second-order valence-electron chi connectivity index (χ2n) is 2.86. The first-order valence-electron chi connectivity index (χ1n) is 3.54. The SMILES string of the molecule is CN1CC(n2cccn2)C1. The maximum Gasteiger partial charge on any atom is 0.0772 e. The summed E-state index contributed by atoms with van der Waals surface area (Å²) in [5.41, 5.74) is 0. The second-order valence-corrected chi connectivity index (χ2v) is 2.86. The molecule has 0 saturated carbocycles. The molecule has 1 fully saturated rings. The van der Waals surface area contributed by atoms with Gasteiger partial charge in [0.25, 0.3) is 0 Å². The summed E-state index contributed by atoms with van der Waals surface area (Å²) < 4.78 is 2.03. The van der Waals surface area contributed by atoms with E-state index in [1.54, 1.807) is 0 Å². The van der Waals surface area contributed by atoms with Crippen molar-refractivity contribution >= 4 is 0 Å². The fourth-order valence-electron chi connectivity index (χ4n) is 1.33. The molecule has 0 amide bonds. The number of likely N-dealkylation sites (N-methyl/N-ethyl adjacent to an activating group) is 1. The third kappa shape index (κ3) is 0.827. The average Bonchev–Trinajstić information content (AvgIpc) is 2.31. The van der Waals surface area contributed by atoms with Crippen LogP contribution in [0.5, 0.6) is 0 Å². The van der Waals surface area contributed by atoms with Gasteiger partial charge < -0.3 is 4.90 Å². The molecule has 0 radical (unpaired) electrons. The van der Waals surface area contributed by atoms with Crippen molar-refractivity contribution in [3.05, 3.63) is 18.5 Å². The third-order valence-electron chi connectivity index (χ3n) is 1.94. The van der Waals surface area contributed by atoms with Crippen LogP contribution in [0.1, 0.15) is 6.04 Å². The lowest BCUT2D eigenvalue weighted by Crippen LogP contribution is -2.44. The van der Waals surface area contributed by atoms with Gasteiger partial charge in [0, 0.05) is 25.5 Å². The van der Waals surface area contributed by atoms with E-state index >= 15 is 0 Å². The van der Waals surface area contributed by atoms with Gasteiger partial charge in [0.05, 0.1) is 6.04 Å². The Labute approximate surface area is 60.3 Å². The molecule has 54 valence electrons. The van der Waals surface area contributed by atoms with E-state index in [1.165, 1.54) is 0 Å². The highest BCUT2D eigenvalue weighted by Gasteiger charge is 2.24. The first-order chi connectivity index (χ1) is 4.86. The van der Waals surface area contributed by atoms with E-state index in [1.807, 2.05) is 23.1 Å². The first-order valence-corrected chi connectivity index (χ1v) is 3.54. The van der Waals surface area contributed by atoms with Crippen LogP contribution in [0.25, 0.3) is 0 Å². The highest BCUT2D eigenvalue weighted by atomic mass is 15.4. The minimum atomic E-state index is 0.625. The smallest absolute Gasteiger partial charge is 0.0772 e. The fraction of sp³-hybridized carbons (Fsp3) is 0.571. The quantitative estimate of drug-likeness (QED) is 0.557. The number of hydrogen-bond donors (Lipinski definition) is 0. The third-order valence-corrected chi connectivity index (χ3v) is 1.94. The van der Waals surface area contributed by atoms with Crippen LogP contribution in [0.3, 0.4) is 0 Å². The van der Waals surface area contributed by atoms with Crippen LogP contribution in [0.2, 0.25) is 0 Å². The number of rotatable bonds is 1. The van der Waals surface area contributed by atoms with E-state index in [0.29, 0.717) is 6.04 Å². The van der Waals surface area contributed by atoms with Crippen LogP contribution in [-0.4, -0.2) is 34.8 Å². The second kappa shape index (κ2) is 2.09. The summed E-state index contributed by atoms with van der Waals surface area (Å²) in [6.45, 7) is 2.28. The van der Waals surface area contributed by atoms with Gasteiger partial charge in [0.2, 0.25) is 0 Å². The zero-order valence-corrected chi connectivity index (χ0v) is 6.07. The molecule has 0 unspecified atom stereocenters. The Kier molecular flexibility index (Phi) is 1.24. The van der Waals surface area contributed by atoms with E-state index in [9.17, 15) is 0 Å². The monoisotopic (exact) mass is 137 g/mol. The minimum Gasteiger partial charge on any atom is -0.302 e. The maximum absolute atomic E-state index is 4.16. The van der Waals surface area contributed by atoms with Crippen LogP contribution >= 0.6 is 0 Å². The molecule has 0 aliphatic carbocycles. The summed E-state index contributed by atoms with van der Waals surface area (Å²) in [5.74, 6) is 0. The topological polar surface area (TPSA) is 21.1 Å². The Hall–Kier alpha value is -0.830. The van der Waals surface area contributed by atoms with Gasteiger partial charge in [-0.25, -0.2) is 0 Å². The van der Waals surface area contributed by atoms with Crippen LogP contribution in [0.4, 0.5) is 0 Å². The molecule has 0 bridgehead atoms. The van der Waals surface area contributed by atoms with Crippen molar-refractivity contribution in [1.82, 2.24) is 14.7 Å². The lowest BCUT2D eigenvalue weighted by atomic mass is 10.1. The van der Waals surface area contributed by atoms with Gasteiger partial charge in [0.1, 0.15) is 0 Å². The Morgan fingerprint density at radius 2 is 2.30 bits per heavy atom. The summed E-state index contributed by atoms with van der Waals surface area (Å²) in [5, 5.41) is 4.16. The lowest BCUT2D eigenvalue weighted by Gasteiger charge is -2.35.